The number of sulfonamides is 1. The number of H-pyrrole nitrogens is 1. The van der Waals surface area contributed by atoms with Crippen molar-refractivity contribution in [3.05, 3.63) is 82.8 Å². The van der Waals surface area contributed by atoms with Gasteiger partial charge in [-0.2, -0.15) is 10.4 Å². The summed E-state index contributed by atoms with van der Waals surface area (Å²) in [6.45, 7) is 6.32. The van der Waals surface area contributed by atoms with Crippen molar-refractivity contribution >= 4 is 38.5 Å². The van der Waals surface area contributed by atoms with Crippen molar-refractivity contribution in [3.8, 4) is 6.07 Å². The Morgan fingerprint density at radius 2 is 1.77 bits per heavy atom. The van der Waals surface area contributed by atoms with Crippen LogP contribution in [0.4, 0.5) is 16.3 Å². The quantitative estimate of drug-likeness (QED) is 0.259. The van der Waals surface area contributed by atoms with Crippen LogP contribution >= 0.6 is 0 Å². The second kappa shape index (κ2) is 12.1. The lowest BCUT2D eigenvalue weighted by molar-refractivity contribution is 0.0110. The van der Waals surface area contributed by atoms with Crippen LogP contribution in [-0.4, -0.2) is 52.9 Å². The lowest BCUT2D eigenvalue weighted by atomic mass is 9.85. The van der Waals surface area contributed by atoms with Crippen molar-refractivity contribution in [1.82, 2.24) is 24.4 Å². The van der Waals surface area contributed by atoms with Gasteiger partial charge in [0.2, 0.25) is 10.0 Å². The Bertz CT molecular complexity index is 1850. The number of anilines is 2. The standard InChI is InChI=1S/C31H35N7O5S/c1-30(2,3)43-29(40)37-19-15-31(14-17-32,16-20-37)38-25-13-18-33-28(39)26(25)27(36-38)35-23-9-11-24(12-10-23)44(41,42)34-21-22-7-5-4-6-8-22/h4-13,18,34H,14-16,19-21H2,1-3H3,(H,33,39)(H,35,36). The number of piperidine rings is 1. The number of carbonyl (C=O) groups excluding carboxylic acids is 1. The third-order valence-electron chi connectivity index (χ3n) is 7.54. The fraction of sp³-hybridized carbons (Fsp3) is 0.355. The summed E-state index contributed by atoms with van der Waals surface area (Å²) in [5.41, 5.74) is 0.156. The highest BCUT2D eigenvalue weighted by atomic mass is 32.2. The number of aromatic nitrogens is 3. The molecular weight excluding hydrogens is 582 g/mol. The Hall–Kier alpha value is -4.67. The normalized spacial score (nSPS) is 15.1. The highest BCUT2D eigenvalue weighted by Gasteiger charge is 2.41. The monoisotopic (exact) mass is 617 g/mol. The fourth-order valence-electron chi connectivity index (χ4n) is 5.28. The molecule has 3 N–H and O–H groups in total. The Labute approximate surface area is 255 Å². The Morgan fingerprint density at radius 3 is 2.41 bits per heavy atom. The predicted molar refractivity (Wildman–Crippen MR) is 166 cm³/mol. The minimum absolute atomic E-state index is 0.0944. The number of rotatable bonds is 8. The number of hydrogen-bond acceptors (Lipinski definition) is 8. The topological polar surface area (TPSA) is 162 Å². The molecular formula is C31H35N7O5S. The molecule has 4 aromatic rings. The van der Waals surface area contributed by atoms with E-state index in [1.165, 1.54) is 18.3 Å². The Morgan fingerprint density at radius 1 is 1.09 bits per heavy atom. The molecule has 13 heteroatoms. The van der Waals surface area contributed by atoms with E-state index in [2.05, 4.69) is 21.1 Å². The number of carbonyl (C=O) groups is 1. The third-order valence-corrected chi connectivity index (χ3v) is 8.96. The molecule has 0 bridgehead atoms. The van der Waals surface area contributed by atoms with Gasteiger partial charge in [0.15, 0.2) is 5.82 Å². The van der Waals surface area contributed by atoms with Crippen LogP contribution in [0.2, 0.25) is 0 Å². The van der Waals surface area contributed by atoms with Gasteiger partial charge < -0.3 is 19.9 Å². The highest BCUT2D eigenvalue weighted by Crippen LogP contribution is 2.37. The van der Waals surface area contributed by atoms with Crippen LogP contribution in [0.25, 0.3) is 10.9 Å². The first-order valence-electron chi connectivity index (χ1n) is 14.3. The van der Waals surface area contributed by atoms with Gasteiger partial charge >= 0.3 is 6.09 Å². The van der Waals surface area contributed by atoms with Crippen molar-refractivity contribution in [1.29, 1.82) is 5.26 Å². The van der Waals surface area contributed by atoms with Crippen molar-refractivity contribution < 1.29 is 17.9 Å². The van der Waals surface area contributed by atoms with E-state index in [0.717, 1.165) is 5.56 Å². The first-order valence-corrected chi connectivity index (χ1v) is 15.8. The van der Waals surface area contributed by atoms with Crippen molar-refractivity contribution in [2.45, 2.75) is 62.6 Å². The van der Waals surface area contributed by atoms with Crippen LogP contribution in [-0.2, 0) is 26.8 Å². The molecule has 2 aromatic heterocycles. The van der Waals surface area contributed by atoms with E-state index >= 15 is 0 Å². The Kier molecular flexibility index (Phi) is 8.49. The van der Waals surface area contributed by atoms with Gasteiger partial charge in [0.25, 0.3) is 5.56 Å². The van der Waals surface area contributed by atoms with Gasteiger partial charge in [0.05, 0.1) is 28.4 Å². The molecule has 1 aliphatic heterocycles. The molecule has 12 nitrogen and oxygen atoms in total. The number of nitriles is 1. The second-order valence-corrected chi connectivity index (χ2v) is 13.6. The smallest absolute Gasteiger partial charge is 0.410 e. The van der Waals surface area contributed by atoms with Crippen LogP contribution in [0.5, 0.6) is 0 Å². The van der Waals surface area contributed by atoms with E-state index in [0.29, 0.717) is 42.5 Å². The summed E-state index contributed by atoms with van der Waals surface area (Å²) in [6, 6.07) is 19.4. The van der Waals surface area contributed by atoms with Crippen LogP contribution in [0.3, 0.4) is 0 Å². The average molecular weight is 618 g/mol. The highest BCUT2D eigenvalue weighted by molar-refractivity contribution is 7.89. The molecule has 0 saturated carbocycles. The molecule has 1 fully saturated rings. The molecule has 0 unspecified atom stereocenters. The zero-order valence-corrected chi connectivity index (χ0v) is 25.6. The lowest BCUT2D eigenvalue weighted by Crippen LogP contribution is -2.49. The number of likely N-dealkylation sites (tertiary alicyclic amines) is 1. The van der Waals surface area contributed by atoms with Gasteiger partial charge in [-0.25, -0.2) is 17.9 Å². The molecule has 0 radical (unpaired) electrons. The molecule has 0 spiro atoms. The number of fused-ring (bicyclic) bond motifs is 1. The number of nitrogens with zero attached hydrogens (tertiary/aromatic N) is 4. The predicted octanol–water partition coefficient (Wildman–Crippen LogP) is 4.59. The maximum absolute atomic E-state index is 13.0. The van der Waals surface area contributed by atoms with Crippen LogP contribution in [0, 0.1) is 11.3 Å². The van der Waals surface area contributed by atoms with Crippen LogP contribution in [0.1, 0.15) is 45.6 Å². The number of aromatic amines is 1. The lowest BCUT2D eigenvalue weighted by Gasteiger charge is -2.41. The summed E-state index contributed by atoms with van der Waals surface area (Å²) in [5, 5.41) is 18.1. The van der Waals surface area contributed by atoms with E-state index < -0.39 is 27.3 Å². The Balaban J connectivity index is 1.39. The second-order valence-electron chi connectivity index (χ2n) is 11.8. The van der Waals surface area contributed by atoms with E-state index in [9.17, 15) is 23.3 Å². The number of nitrogens with one attached hydrogen (secondary N) is 3. The zero-order valence-electron chi connectivity index (χ0n) is 24.8. The summed E-state index contributed by atoms with van der Waals surface area (Å²) >= 11 is 0. The van der Waals surface area contributed by atoms with Gasteiger partial charge in [-0.1, -0.05) is 30.3 Å². The maximum atomic E-state index is 13.0. The van der Waals surface area contributed by atoms with E-state index in [-0.39, 0.29) is 29.2 Å². The molecule has 2 aromatic carbocycles. The number of ether oxygens (including phenoxy) is 1. The molecule has 1 saturated heterocycles. The molecule has 5 rings (SSSR count). The van der Waals surface area contributed by atoms with Gasteiger partial charge in [-0.15, -0.1) is 0 Å². The van der Waals surface area contributed by atoms with E-state index in [1.807, 2.05) is 51.1 Å². The average Bonchev–Trinajstić information content (AvgIpc) is 3.36. The summed E-state index contributed by atoms with van der Waals surface area (Å²) in [4.78, 5) is 30.1. The van der Waals surface area contributed by atoms with Crippen molar-refractivity contribution in [3.63, 3.8) is 0 Å². The summed E-state index contributed by atoms with van der Waals surface area (Å²) < 4.78 is 35.6. The van der Waals surface area contributed by atoms with Gasteiger partial charge in [-0.05, 0) is 69.5 Å². The maximum Gasteiger partial charge on any atom is 0.410 e. The molecule has 44 heavy (non-hydrogen) atoms. The number of amides is 1. The van der Waals surface area contributed by atoms with Crippen molar-refractivity contribution in [2.75, 3.05) is 18.4 Å². The number of pyridine rings is 1. The van der Waals surface area contributed by atoms with E-state index in [4.69, 9.17) is 9.84 Å². The van der Waals surface area contributed by atoms with Crippen LogP contribution in [0.15, 0.2) is 76.6 Å². The van der Waals surface area contributed by atoms with E-state index in [1.54, 1.807) is 27.8 Å². The van der Waals surface area contributed by atoms with Gasteiger partial charge in [0.1, 0.15) is 11.0 Å². The zero-order chi connectivity index (χ0) is 31.5. The largest absolute Gasteiger partial charge is 0.444 e. The molecule has 230 valence electrons. The summed E-state index contributed by atoms with van der Waals surface area (Å²) in [7, 11) is -3.76. The molecule has 3 heterocycles. The number of benzene rings is 2. The molecule has 0 atom stereocenters. The minimum Gasteiger partial charge on any atom is -0.444 e. The number of hydrogen-bond donors (Lipinski definition) is 3. The third kappa shape index (κ3) is 6.61. The SMILES string of the molecule is CC(C)(C)OC(=O)N1CCC(CC#N)(n2nc(Nc3ccc(S(=O)(=O)NCc4ccccc4)cc3)c3c(=O)[nH]ccc32)CC1. The summed E-state index contributed by atoms with van der Waals surface area (Å²) in [5.74, 6) is 0.270. The molecule has 1 aliphatic rings. The summed E-state index contributed by atoms with van der Waals surface area (Å²) in [6.07, 6.45) is 2.12. The van der Waals surface area contributed by atoms with Crippen molar-refractivity contribution in [2.24, 2.45) is 0 Å². The van der Waals surface area contributed by atoms with Gasteiger partial charge in [-0.3, -0.25) is 9.48 Å². The first-order chi connectivity index (χ1) is 20.9. The van der Waals surface area contributed by atoms with Gasteiger partial charge in [0, 0.05) is 31.5 Å². The minimum atomic E-state index is -3.76. The van der Waals surface area contributed by atoms with Crippen LogP contribution < -0.4 is 15.6 Å². The fourth-order valence-corrected chi connectivity index (χ4v) is 6.30. The first kappa shape index (κ1) is 30.8. The molecule has 1 amide bonds. The molecule has 0 aliphatic carbocycles.